The monoisotopic (exact) mass is 603 g/mol. The lowest BCUT2D eigenvalue weighted by Crippen LogP contribution is -2.50. The molecule has 0 bridgehead atoms. The number of carboxylic acid groups (broad SMARTS) is 1. The van der Waals surface area contributed by atoms with Crippen molar-refractivity contribution in [2.75, 3.05) is 13.6 Å². The molecule has 2 aromatic carbocycles. The number of amides is 1. The molecule has 43 heavy (non-hydrogen) atoms. The number of ether oxygens (including phenoxy) is 1. The highest BCUT2D eigenvalue weighted by Gasteiger charge is 2.52. The Bertz CT molecular complexity index is 1290. The molecule has 2 aliphatic rings. The average Bonchev–Trinajstić information content (AvgIpc) is 3.22. The maximum atomic E-state index is 13.8. The fraction of sp³-hybridized carbons (Fsp3) is 0.500. The second-order valence-electron chi connectivity index (χ2n) is 12.0. The summed E-state index contributed by atoms with van der Waals surface area (Å²) in [6, 6.07) is 12.1. The Labute approximate surface area is 250 Å². The third kappa shape index (κ3) is 8.65. The maximum Gasteiger partial charge on any atom is 0.573 e. The Kier molecular flexibility index (Phi) is 10.8. The quantitative estimate of drug-likeness (QED) is 0.338. The van der Waals surface area contributed by atoms with E-state index in [2.05, 4.69) is 30.8 Å². The summed E-state index contributed by atoms with van der Waals surface area (Å²) in [5.41, 5.74) is 1.57. The van der Waals surface area contributed by atoms with Crippen molar-refractivity contribution in [2.24, 2.45) is 16.3 Å². The molecule has 234 valence electrons. The number of carbonyl (C=O) groups is 3. The number of carbonyl (C=O) groups excluding carboxylic acids is 2. The van der Waals surface area contributed by atoms with Crippen LogP contribution in [0, 0.1) is 11.3 Å². The van der Waals surface area contributed by atoms with Gasteiger partial charge in [-0.2, -0.15) is 0 Å². The Hall–Kier alpha value is -3.73. The van der Waals surface area contributed by atoms with E-state index in [-0.39, 0.29) is 35.2 Å². The zero-order chi connectivity index (χ0) is 32.0. The van der Waals surface area contributed by atoms with Gasteiger partial charge in [-0.15, -0.1) is 13.2 Å². The number of benzene rings is 2. The molecule has 0 unspecified atom stereocenters. The van der Waals surface area contributed by atoms with Crippen LogP contribution in [0.15, 0.2) is 53.5 Å². The van der Waals surface area contributed by atoms with Crippen molar-refractivity contribution in [3.8, 4) is 5.75 Å². The summed E-state index contributed by atoms with van der Waals surface area (Å²) in [7, 11) is 1.73. The minimum absolute atomic E-state index is 0.145. The van der Waals surface area contributed by atoms with Gasteiger partial charge in [0, 0.05) is 17.7 Å². The van der Waals surface area contributed by atoms with Gasteiger partial charge in [0.25, 0.3) is 5.91 Å². The van der Waals surface area contributed by atoms with Crippen molar-refractivity contribution >= 4 is 23.9 Å². The summed E-state index contributed by atoms with van der Waals surface area (Å²) in [5, 5.41) is 10.7. The molecule has 4 rings (SSSR count). The van der Waals surface area contributed by atoms with Crippen molar-refractivity contribution < 1.29 is 37.4 Å². The van der Waals surface area contributed by atoms with Gasteiger partial charge in [-0.05, 0) is 80.8 Å². The van der Waals surface area contributed by atoms with Crippen molar-refractivity contribution in [3.63, 3.8) is 0 Å². The SMILES string of the molecule is CNCCC(=O)O.C[C@H](c1ccc(C=O)cc1)N1C(=O)C(c2ccc(OC(F)(F)F)cc2)=NC12CCC(C(C)(C)C)CC2. The number of aliphatic imine (C=N–C) groups is 1. The van der Waals surface area contributed by atoms with Crippen molar-refractivity contribution in [3.05, 3.63) is 65.2 Å². The molecule has 1 aliphatic heterocycles. The van der Waals surface area contributed by atoms with Gasteiger partial charge in [0.2, 0.25) is 0 Å². The standard InChI is InChI=1S/C28H31F3N2O3.C4H9NO2/c1-18(20-7-5-19(17-34)6-8-20)33-25(35)24(21-9-11-23(12-10-21)36-28(29,30)31)32-27(33)15-13-22(14-16-27)26(2,3)4;1-5-3-2-4(6)7/h5-12,17-18,22H,13-16H2,1-4H3;5H,2-3H2,1H3,(H,6,7)/t18-,22?,27?;/m1./s1. The molecule has 8 nitrogen and oxygen atoms in total. The van der Waals surface area contributed by atoms with Crippen LogP contribution < -0.4 is 10.1 Å². The van der Waals surface area contributed by atoms with Crippen LogP contribution in [-0.2, 0) is 9.59 Å². The van der Waals surface area contributed by atoms with Crippen LogP contribution >= 0.6 is 0 Å². The molecule has 1 saturated carbocycles. The van der Waals surface area contributed by atoms with E-state index in [0.29, 0.717) is 36.4 Å². The number of hydrogen-bond donors (Lipinski definition) is 2. The lowest BCUT2D eigenvalue weighted by atomic mass is 9.69. The molecular weight excluding hydrogens is 563 g/mol. The lowest BCUT2D eigenvalue weighted by molar-refractivity contribution is -0.274. The van der Waals surface area contributed by atoms with Crippen LogP contribution in [0.3, 0.4) is 0 Å². The first kappa shape index (κ1) is 33.8. The second-order valence-corrected chi connectivity index (χ2v) is 12.0. The van der Waals surface area contributed by atoms with E-state index >= 15 is 0 Å². The molecule has 0 aromatic heterocycles. The van der Waals surface area contributed by atoms with Gasteiger partial charge in [-0.25, -0.2) is 0 Å². The lowest BCUT2D eigenvalue weighted by Gasteiger charge is -2.46. The van der Waals surface area contributed by atoms with E-state index in [1.165, 1.54) is 24.3 Å². The number of nitrogens with zero attached hydrogens (tertiary/aromatic N) is 2. The topological polar surface area (TPSA) is 108 Å². The van der Waals surface area contributed by atoms with Gasteiger partial charge < -0.3 is 20.1 Å². The average molecular weight is 604 g/mol. The summed E-state index contributed by atoms with van der Waals surface area (Å²) in [4.78, 5) is 41.5. The Balaban J connectivity index is 0.000000646. The molecule has 1 atom stereocenters. The summed E-state index contributed by atoms with van der Waals surface area (Å²) in [6.07, 6.45) is -0.566. The minimum atomic E-state index is -4.79. The predicted octanol–water partition coefficient (Wildman–Crippen LogP) is 6.40. The van der Waals surface area contributed by atoms with Crippen molar-refractivity contribution in [1.29, 1.82) is 0 Å². The van der Waals surface area contributed by atoms with Crippen molar-refractivity contribution in [2.45, 2.75) is 77.9 Å². The molecule has 2 N–H and O–H groups in total. The van der Waals surface area contributed by atoms with E-state index in [9.17, 15) is 27.6 Å². The molecule has 1 heterocycles. The minimum Gasteiger partial charge on any atom is -0.481 e. The maximum absolute atomic E-state index is 13.8. The van der Waals surface area contributed by atoms with Gasteiger partial charge in [0.15, 0.2) is 0 Å². The first-order chi connectivity index (χ1) is 20.1. The zero-order valence-electron chi connectivity index (χ0n) is 25.2. The van der Waals surface area contributed by atoms with Crippen molar-refractivity contribution in [1.82, 2.24) is 10.2 Å². The summed E-state index contributed by atoms with van der Waals surface area (Å²) in [5.74, 6) is -0.853. The van der Waals surface area contributed by atoms with Crippen LogP contribution in [0.5, 0.6) is 5.75 Å². The van der Waals surface area contributed by atoms with Crippen LogP contribution in [0.2, 0.25) is 0 Å². The number of rotatable bonds is 8. The first-order valence-electron chi connectivity index (χ1n) is 14.3. The molecule has 0 radical (unpaired) electrons. The number of halogens is 3. The molecule has 11 heteroatoms. The van der Waals surface area contributed by atoms with Crippen LogP contribution in [0.25, 0.3) is 0 Å². The van der Waals surface area contributed by atoms with Gasteiger partial charge >= 0.3 is 12.3 Å². The molecule has 1 aliphatic carbocycles. The van der Waals surface area contributed by atoms with Gasteiger partial charge in [0.1, 0.15) is 23.4 Å². The van der Waals surface area contributed by atoms with E-state index in [4.69, 9.17) is 10.1 Å². The van der Waals surface area contributed by atoms with E-state index in [0.717, 1.165) is 24.7 Å². The molecular formula is C32H40F3N3O5. The predicted molar refractivity (Wildman–Crippen MR) is 157 cm³/mol. The number of alkyl halides is 3. The van der Waals surface area contributed by atoms with Crippen LogP contribution in [0.4, 0.5) is 13.2 Å². The fourth-order valence-electron chi connectivity index (χ4n) is 5.68. The van der Waals surface area contributed by atoms with E-state index in [1.807, 2.05) is 24.0 Å². The number of aliphatic carboxylic acids is 1. The molecule has 1 amide bonds. The highest BCUT2D eigenvalue weighted by molar-refractivity contribution is 6.46. The molecule has 1 spiro atoms. The van der Waals surface area contributed by atoms with Crippen LogP contribution in [0.1, 0.15) is 87.3 Å². The third-order valence-electron chi connectivity index (χ3n) is 8.09. The number of carboxylic acids is 1. The Morgan fingerprint density at radius 3 is 2.14 bits per heavy atom. The number of hydrogen-bond acceptors (Lipinski definition) is 6. The number of aldehydes is 1. The normalized spacial score (nSPS) is 21.1. The van der Waals surface area contributed by atoms with Gasteiger partial charge in [-0.1, -0.05) is 45.0 Å². The highest BCUT2D eigenvalue weighted by atomic mass is 19.4. The fourth-order valence-corrected chi connectivity index (χ4v) is 5.68. The smallest absolute Gasteiger partial charge is 0.481 e. The van der Waals surface area contributed by atoms with E-state index in [1.54, 1.807) is 19.2 Å². The van der Waals surface area contributed by atoms with Gasteiger partial charge in [-0.3, -0.25) is 19.4 Å². The van der Waals surface area contributed by atoms with Gasteiger partial charge in [0.05, 0.1) is 12.5 Å². The largest absolute Gasteiger partial charge is 0.573 e. The van der Waals surface area contributed by atoms with E-state index < -0.39 is 18.0 Å². The molecule has 2 aromatic rings. The molecule has 1 fully saturated rings. The highest BCUT2D eigenvalue weighted by Crippen LogP contribution is 2.49. The Morgan fingerprint density at radius 1 is 1.12 bits per heavy atom. The third-order valence-corrected chi connectivity index (χ3v) is 8.09. The summed E-state index contributed by atoms with van der Waals surface area (Å²) in [6.45, 7) is 9.18. The summed E-state index contributed by atoms with van der Waals surface area (Å²) < 4.78 is 41.7. The van der Waals surface area contributed by atoms with Crippen LogP contribution in [-0.4, -0.2) is 59.5 Å². The molecule has 0 saturated heterocycles. The zero-order valence-corrected chi connectivity index (χ0v) is 25.2. The first-order valence-corrected chi connectivity index (χ1v) is 14.3. The summed E-state index contributed by atoms with van der Waals surface area (Å²) >= 11 is 0. The second kappa shape index (κ2) is 13.7. The Morgan fingerprint density at radius 2 is 1.70 bits per heavy atom. The number of nitrogens with one attached hydrogen (secondary N) is 1.